The molecule has 3 heterocycles. The van der Waals surface area contributed by atoms with Crippen LogP contribution in [0, 0.1) is 24.9 Å². The van der Waals surface area contributed by atoms with Crippen molar-refractivity contribution >= 4 is 35.2 Å². The van der Waals surface area contributed by atoms with Gasteiger partial charge in [0, 0.05) is 37.9 Å². The van der Waals surface area contributed by atoms with Gasteiger partial charge in [-0.2, -0.15) is 0 Å². The van der Waals surface area contributed by atoms with E-state index >= 15 is 0 Å². The topological polar surface area (TPSA) is 38.9 Å². The number of nitrogens with zero attached hydrogens (tertiary/aromatic N) is 2. The molecular weight excluding hydrogens is 776 g/mol. The van der Waals surface area contributed by atoms with Crippen LogP contribution in [0.1, 0.15) is 30.9 Å². The van der Waals surface area contributed by atoms with Crippen molar-refractivity contribution in [3.63, 3.8) is 0 Å². The average molecular weight is 813 g/mol. The number of benzene rings is 4. The normalized spacial score (nSPS) is 11.3. The first-order chi connectivity index (χ1) is 22.1. The van der Waals surface area contributed by atoms with Gasteiger partial charge < -0.3 is 14.4 Å². The van der Waals surface area contributed by atoms with Gasteiger partial charge in [-0.15, -0.1) is 54.1 Å². The molecule has 0 aliphatic heterocycles. The average Bonchev–Trinajstić information content (AvgIpc) is 3.44. The standard InChI is InChI=1S/C27H21FNO.C14H16NSi.Ir/c1-16(2)24-14-25(29-15-17(24)3)23-6-4-5-22-21-12-9-19(13-26(21)30-27(22)23)18-7-10-20(28)11-8-18;1-16(2,3)13-9-10-14(15-11-13)12-7-5-4-6-8-12;/h4-5,7-16H,1-3H3;4-7,9-11H,1-3H3;/q2*-1;. The number of hydrogen-bond donors (Lipinski definition) is 0. The maximum Gasteiger partial charge on any atom is 0.123 e. The minimum Gasteiger partial charge on any atom is -0.501 e. The molecule has 0 unspecified atom stereocenters. The fraction of sp³-hybridized carbons (Fsp3) is 0.171. The van der Waals surface area contributed by atoms with E-state index in [9.17, 15) is 4.39 Å². The smallest absolute Gasteiger partial charge is 0.123 e. The van der Waals surface area contributed by atoms with Crippen LogP contribution in [0.2, 0.25) is 19.6 Å². The first-order valence-corrected chi connectivity index (χ1v) is 19.1. The predicted molar refractivity (Wildman–Crippen MR) is 191 cm³/mol. The number of fused-ring (bicyclic) bond motifs is 3. The SMILES string of the molecule is C[Si](C)(C)c1ccc(-c2[c-]cccc2)nc1.Cc1cnc(-c2[c-]ccc3c2oc2cc(-c4ccc(F)cc4)ccc23)cc1C(C)C.[Ir]. The minimum atomic E-state index is -1.23. The van der Waals surface area contributed by atoms with E-state index in [4.69, 9.17) is 4.42 Å². The summed E-state index contributed by atoms with van der Waals surface area (Å²) in [5.41, 5.74) is 9.79. The van der Waals surface area contributed by atoms with Crippen LogP contribution in [-0.4, -0.2) is 18.0 Å². The molecule has 0 atom stereocenters. The molecule has 239 valence electrons. The monoisotopic (exact) mass is 813 g/mol. The maximum absolute atomic E-state index is 13.3. The zero-order valence-electron chi connectivity index (χ0n) is 27.5. The van der Waals surface area contributed by atoms with Crippen LogP contribution in [0.25, 0.3) is 55.6 Å². The van der Waals surface area contributed by atoms with Crippen LogP contribution < -0.4 is 5.19 Å². The molecule has 0 saturated heterocycles. The first kappa shape index (κ1) is 34.1. The van der Waals surface area contributed by atoms with Crippen molar-refractivity contribution in [2.45, 2.75) is 46.3 Å². The second-order valence-electron chi connectivity index (χ2n) is 13.0. The Balaban J connectivity index is 0.000000217. The molecular formula is C41H37FIrN2OSi-2. The third-order valence-electron chi connectivity index (χ3n) is 8.25. The minimum absolute atomic E-state index is 0. The van der Waals surface area contributed by atoms with Gasteiger partial charge in [0.25, 0.3) is 0 Å². The van der Waals surface area contributed by atoms with Crippen LogP contribution in [0.15, 0.2) is 114 Å². The summed E-state index contributed by atoms with van der Waals surface area (Å²) in [7, 11) is -1.23. The largest absolute Gasteiger partial charge is 0.501 e. The van der Waals surface area contributed by atoms with E-state index in [2.05, 4.69) is 86.8 Å². The number of rotatable bonds is 5. The Kier molecular flexibility index (Phi) is 10.4. The quantitative estimate of drug-likeness (QED) is 0.128. The summed E-state index contributed by atoms with van der Waals surface area (Å²) in [4.78, 5) is 9.18. The molecule has 0 aliphatic carbocycles. The molecule has 0 amide bonds. The van der Waals surface area contributed by atoms with Gasteiger partial charge in [0.1, 0.15) is 11.4 Å². The predicted octanol–water partition coefficient (Wildman–Crippen LogP) is 10.8. The van der Waals surface area contributed by atoms with Crippen molar-refractivity contribution in [1.82, 2.24) is 9.97 Å². The van der Waals surface area contributed by atoms with Gasteiger partial charge in [0.15, 0.2) is 0 Å². The molecule has 6 heteroatoms. The molecule has 3 aromatic heterocycles. The van der Waals surface area contributed by atoms with Crippen LogP contribution in [-0.2, 0) is 20.1 Å². The van der Waals surface area contributed by atoms with E-state index < -0.39 is 8.07 Å². The second-order valence-corrected chi connectivity index (χ2v) is 18.0. The van der Waals surface area contributed by atoms with Gasteiger partial charge >= 0.3 is 0 Å². The van der Waals surface area contributed by atoms with Crippen LogP contribution in [0.3, 0.4) is 0 Å². The zero-order chi connectivity index (χ0) is 32.4. The van der Waals surface area contributed by atoms with Crippen LogP contribution in [0.4, 0.5) is 4.39 Å². The summed E-state index contributed by atoms with van der Waals surface area (Å²) in [5.74, 6) is 0.176. The van der Waals surface area contributed by atoms with Gasteiger partial charge in [0.2, 0.25) is 0 Å². The van der Waals surface area contributed by atoms with Crippen molar-refractivity contribution in [2.24, 2.45) is 0 Å². The number of aromatic nitrogens is 2. The number of furan rings is 1. The van der Waals surface area contributed by atoms with Gasteiger partial charge in [-0.3, -0.25) is 0 Å². The van der Waals surface area contributed by atoms with Gasteiger partial charge in [0.05, 0.1) is 13.7 Å². The molecule has 47 heavy (non-hydrogen) atoms. The van der Waals surface area contributed by atoms with Crippen molar-refractivity contribution in [3.8, 4) is 33.6 Å². The Hall–Kier alpha value is -4.22. The van der Waals surface area contributed by atoms with E-state index in [1.54, 1.807) is 12.1 Å². The van der Waals surface area contributed by atoms with E-state index in [0.717, 1.165) is 55.6 Å². The summed E-state index contributed by atoms with van der Waals surface area (Å²) in [6.07, 6.45) is 3.94. The molecule has 1 radical (unpaired) electrons. The van der Waals surface area contributed by atoms with Crippen molar-refractivity contribution in [1.29, 1.82) is 0 Å². The Labute approximate surface area is 291 Å². The van der Waals surface area contributed by atoms with Gasteiger partial charge in [-0.05, 0) is 69.9 Å². The van der Waals surface area contributed by atoms with E-state index in [0.29, 0.717) is 5.92 Å². The third-order valence-corrected chi connectivity index (χ3v) is 10.3. The van der Waals surface area contributed by atoms with Gasteiger partial charge in [-0.25, -0.2) is 4.39 Å². The molecule has 0 aliphatic rings. The fourth-order valence-electron chi connectivity index (χ4n) is 5.60. The number of aryl methyl sites for hydroxylation is 1. The third kappa shape index (κ3) is 7.52. The van der Waals surface area contributed by atoms with Crippen LogP contribution >= 0.6 is 0 Å². The van der Waals surface area contributed by atoms with Gasteiger partial charge in [-0.1, -0.05) is 86.9 Å². The molecule has 0 spiro atoms. The van der Waals surface area contributed by atoms with E-state index in [1.807, 2.05) is 60.9 Å². The van der Waals surface area contributed by atoms with E-state index in [1.165, 1.54) is 28.4 Å². The summed E-state index contributed by atoms with van der Waals surface area (Å²) in [6, 6.07) is 37.5. The number of hydrogen-bond acceptors (Lipinski definition) is 3. The number of pyridine rings is 2. The molecule has 7 aromatic rings. The Morgan fingerprint density at radius 2 is 1.49 bits per heavy atom. The van der Waals surface area contributed by atoms with Crippen LogP contribution in [0.5, 0.6) is 0 Å². The second kappa shape index (κ2) is 14.3. The molecule has 0 N–H and O–H groups in total. The molecule has 4 aromatic carbocycles. The first-order valence-electron chi connectivity index (χ1n) is 15.6. The summed E-state index contributed by atoms with van der Waals surface area (Å²) in [6.45, 7) is 13.5. The Bertz CT molecular complexity index is 2120. The summed E-state index contributed by atoms with van der Waals surface area (Å²) in [5, 5.41) is 3.48. The molecule has 0 fully saturated rings. The molecule has 3 nitrogen and oxygen atoms in total. The van der Waals surface area contributed by atoms with Crippen molar-refractivity contribution in [2.75, 3.05) is 0 Å². The summed E-state index contributed by atoms with van der Waals surface area (Å²) >= 11 is 0. The Morgan fingerprint density at radius 1 is 0.745 bits per heavy atom. The number of halogens is 1. The molecule has 7 rings (SSSR count). The van der Waals surface area contributed by atoms with E-state index in [-0.39, 0.29) is 25.9 Å². The molecule has 0 saturated carbocycles. The maximum atomic E-state index is 13.3. The molecule has 0 bridgehead atoms. The Morgan fingerprint density at radius 3 is 2.15 bits per heavy atom. The summed E-state index contributed by atoms with van der Waals surface area (Å²) < 4.78 is 19.6. The van der Waals surface area contributed by atoms with Crippen molar-refractivity contribution in [3.05, 3.63) is 139 Å². The fourth-order valence-corrected chi connectivity index (χ4v) is 6.64. The van der Waals surface area contributed by atoms with Crippen molar-refractivity contribution < 1.29 is 28.9 Å². The zero-order valence-corrected chi connectivity index (χ0v) is 30.9.